The molecule has 2 aromatic carbocycles. The second-order valence-electron chi connectivity index (χ2n) is 6.60. The van der Waals surface area contributed by atoms with Crippen LogP contribution < -0.4 is 15.4 Å². The molecule has 0 saturated carbocycles. The molecule has 2 aromatic rings. The first-order valence-corrected chi connectivity index (χ1v) is 10.2. The Hall–Kier alpha value is -2.64. The lowest BCUT2D eigenvalue weighted by Gasteiger charge is -2.13. The average Bonchev–Trinajstić information content (AvgIpc) is 3.25. The average molecular weight is 459 g/mol. The lowest BCUT2D eigenvalue weighted by molar-refractivity contribution is -0.111. The van der Waals surface area contributed by atoms with Crippen LogP contribution in [0.5, 0.6) is 5.75 Å². The second-order valence-corrected chi connectivity index (χ2v) is 7.52. The van der Waals surface area contributed by atoms with E-state index in [4.69, 9.17) is 9.47 Å². The van der Waals surface area contributed by atoms with Gasteiger partial charge in [-0.2, -0.15) is 0 Å². The van der Waals surface area contributed by atoms with E-state index in [1.54, 1.807) is 37.5 Å². The van der Waals surface area contributed by atoms with Crippen LogP contribution in [0, 0.1) is 0 Å². The van der Waals surface area contributed by atoms with E-state index in [0.717, 1.165) is 29.5 Å². The molecule has 1 unspecified atom stereocenters. The van der Waals surface area contributed by atoms with Crippen LogP contribution in [0.4, 0.5) is 5.69 Å². The summed E-state index contributed by atoms with van der Waals surface area (Å²) in [7, 11) is 1.58. The van der Waals surface area contributed by atoms with Crippen molar-refractivity contribution < 1.29 is 19.1 Å². The number of anilines is 1. The molecular weight excluding hydrogens is 436 g/mol. The zero-order valence-electron chi connectivity index (χ0n) is 16.1. The number of amides is 2. The predicted molar refractivity (Wildman–Crippen MR) is 116 cm³/mol. The Bertz CT molecular complexity index is 907. The molecule has 0 aliphatic carbocycles. The normalized spacial score (nSPS) is 16.0. The third-order valence-electron chi connectivity index (χ3n) is 4.55. The Morgan fingerprint density at radius 2 is 2.10 bits per heavy atom. The minimum absolute atomic E-state index is 0.0591. The van der Waals surface area contributed by atoms with Gasteiger partial charge in [-0.25, -0.2) is 0 Å². The van der Waals surface area contributed by atoms with Gasteiger partial charge in [-0.05, 0) is 49.2 Å². The van der Waals surface area contributed by atoms with E-state index in [1.807, 2.05) is 18.2 Å². The third kappa shape index (κ3) is 5.92. The van der Waals surface area contributed by atoms with Crippen molar-refractivity contribution in [2.24, 2.45) is 0 Å². The molecule has 1 aliphatic rings. The van der Waals surface area contributed by atoms with Gasteiger partial charge in [0.15, 0.2) is 0 Å². The molecule has 0 spiro atoms. The van der Waals surface area contributed by atoms with Crippen LogP contribution >= 0.6 is 15.9 Å². The van der Waals surface area contributed by atoms with E-state index in [-0.39, 0.29) is 17.9 Å². The van der Waals surface area contributed by atoms with Crippen LogP contribution in [0.3, 0.4) is 0 Å². The van der Waals surface area contributed by atoms with Gasteiger partial charge < -0.3 is 20.1 Å². The van der Waals surface area contributed by atoms with Gasteiger partial charge in [0.1, 0.15) is 5.75 Å². The number of methoxy groups -OCH3 is 1. The third-order valence-corrected chi connectivity index (χ3v) is 5.04. The second kappa shape index (κ2) is 10.2. The summed E-state index contributed by atoms with van der Waals surface area (Å²) in [6.45, 7) is 1.20. The van der Waals surface area contributed by atoms with Crippen molar-refractivity contribution in [1.82, 2.24) is 5.32 Å². The molecule has 1 aliphatic heterocycles. The van der Waals surface area contributed by atoms with Crippen LogP contribution in [0.25, 0.3) is 6.08 Å². The highest BCUT2D eigenvalue weighted by atomic mass is 79.9. The molecule has 0 radical (unpaired) electrons. The number of carbonyl (C=O) groups is 2. The number of halogens is 1. The van der Waals surface area contributed by atoms with E-state index in [1.165, 1.54) is 6.08 Å². The molecule has 7 heteroatoms. The van der Waals surface area contributed by atoms with E-state index in [2.05, 4.69) is 26.6 Å². The fourth-order valence-corrected chi connectivity index (χ4v) is 3.45. The summed E-state index contributed by atoms with van der Waals surface area (Å²) in [5.74, 6) is 0.0756. The summed E-state index contributed by atoms with van der Waals surface area (Å²) in [5, 5.41) is 5.65. The standard InChI is InChI=1S/C22H23BrN2O4/c1-28-20-10-9-16(23)13-15(20)8-11-21(26)25-19-7-3-2-6-18(19)22(27)24-14-17-5-4-12-29-17/h2-3,6-11,13,17H,4-5,12,14H2,1H3,(H,24,27)(H,25,26)/b11-8+. The van der Waals surface area contributed by atoms with Gasteiger partial charge in [0, 0.05) is 29.3 Å². The maximum absolute atomic E-state index is 12.5. The van der Waals surface area contributed by atoms with Crippen molar-refractivity contribution in [2.45, 2.75) is 18.9 Å². The monoisotopic (exact) mass is 458 g/mol. The SMILES string of the molecule is COc1ccc(Br)cc1/C=C/C(=O)Nc1ccccc1C(=O)NCC1CCCO1. The zero-order chi connectivity index (χ0) is 20.6. The van der Waals surface area contributed by atoms with Gasteiger partial charge in [0.2, 0.25) is 5.91 Å². The smallest absolute Gasteiger partial charge is 0.253 e. The van der Waals surface area contributed by atoms with Gasteiger partial charge in [-0.1, -0.05) is 28.1 Å². The lowest BCUT2D eigenvalue weighted by atomic mass is 10.1. The van der Waals surface area contributed by atoms with Crippen molar-refractivity contribution in [3.05, 3.63) is 64.1 Å². The number of nitrogens with one attached hydrogen (secondary N) is 2. The Labute approximate surface area is 178 Å². The number of benzene rings is 2. The van der Waals surface area contributed by atoms with Crippen LogP contribution in [-0.4, -0.2) is 38.2 Å². The molecule has 2 N–H and O–H groups in total. The number of rotatable bonds is 7. The van der Waals surface area contributed by atoms with Gasteiger partial charge in [0.25, 0.3) is 5.91 Å². The van der Waals surface area contributed by atoms with Gasteiger partial charge >= 0.3 is 0 Å². The number of hydrogen-bond acceptors (Lipinski definition) is 4. The Balaban J connectivity index is 1.66. The minimum Gasteiger partial charge on any atom is -0.496 e. The Morgan fingerprint density at radius 1 is 1.28 bits per heavy atom. The van der Waals surface area contributed by atoms with Crippen LogP contribution in [0.2, 0.25) is 0 Å². The maximum atomic E-state index is 12.5. The first kappa shape index (κ1) is 21.1. The van der Waals surface area contributed by atoms with E-state index in [9.17, 15) is 9.59 Å². The van der Waals surface area contributed by atoms with Gasteiger partial charge in [0.05, 0.1) is 24.5 Å². The lowest BCUT2D eigenvalue weighted by Crippen LogP contribution is -2.32. The first-order valence-electron chi connectivity index (χ1n) is 9.38. The van der Waals surface area contributed by atoms with E-state index < -0.39 is 0 Å². The summed E-state index contributed by atoms with van der Waals surface area (Å²) in [6, 6.07) is 12.5. The number of ether oxygens (including phenoxy) is 2. The Kier molecular flexibility index (Phi) is 7.43. The highest BCUT2D eigenvalue weighted by Crippen LogP contribution is 2.24. The number of hydrogen-bond donors (Lipinski definition) is 2. The van der Waals surface area contributed by atoms with Gasteiger partial charge in [-0.3, -0.25) is 9.59 Å². The van der Waals surface area contributed by atoms with Crippen LogP contribution in [-0.2, 0) is 9.53 Å². The fraction of sp³-hybridized carbons (Fsp3) is 0.273. The van der Waals surface area contributed by atoms with Crippen molar-refractivity contribution in [3.8, 4) is 5.75 Å². The van der Waals surface area contributed by atoms with Crippen molar-refractivity contribution in [1.29, 1.82) is 0 Å². The topological polar surface area (TPSA) is 76.7 Å². The van der Waals surface area contributed by atoms with Gasteiger partial charge in [-0.15, -0.1) is 0 Å². The molecule has 1 saturated heterocycles. The summed E-state index contributed by atoms with van der Waals surface area (Å²) < 4.78 is 11.7. The largest absolute Gasteiger partial charge is 0.496 e. The van der Waals surface area contributed by atoms with E-state index >= 15 is 0 Å². The number of para-hydroxylation sites is 1. The molecular formula is C22H23BrN2O4. The first-order chi connectivity index (χ1) is 14.1. The summed E-state index contributed by atoms with van der Waals surface area (Å²) in [6.07, 6.45) is 5.10. The Morgan fingerprint density at radius 3 is 2.86 bits per heavy atom. The molecule has 1 fully saturated rings. The predicted octanol–water partition coefficient (Wildman–Crippen LogP) is 4.02. The molecule has 0 aromatic heterocycles. The zero-order valence-corrected chi connectivity index (χ0v) is 17.7. The van der Waals surface area contributed by atoms with Crippen molar-refractivity contribution in [2.75, 3.05) is 25.6 Å². The van der Waals surface area contributed by atoms with Crippen molar-refractivity contribution >= 4 is 39.5 Å². The maximum Gasteiger partial charge on any atom is 0.253 e. The molecule has 0 bridgehead atoms. The minimum atomic E-state index is -0.341. The summed E-state index contributed by atoms with van der Waals surface area (Å²) in [4.78, 5) is 25.0. The number of carbonyl (C=O) groups excluding carboxylic acids is 2. The molecule has 1 atom stereocenters. The quantitative estimate of drug-likeness (QED) is 0.614. The highest BCUT2D eigenvalue weighted by Gasteiger charge is 2.18. The molecule has 2 amide bonds. The molecule has 29 heavy (non-hydrogen) atoms. The van der Waals surface area contributed by atoms with Crippen LogP contribution in [0.15, 0.2) is 53.0 Å². The molecule has 1 heterocycles. The highest BCUT2D eigenvalue weighted by molar-refractivity contribution is 9.10. The van der Waals surface area contributed by atoms with Crippen LogP contribution in [0.1, 0.15) is 28.8 Å². The van der Waals surface area contributed by atoms with E-state index in [0.29, 0.717) is 23.5 Å². The molecule has 152 valence electrons. The fourth-order valence-electron chi connectivity index (χ4n) is 3.07. The van der Waals surface area contributed by atoms with Crippen molar-refractivity contribution in [3.63, 3.8) is 0 Å². The molecule has 6 nitrogen and oxygen atoms in total. The summed E-state index contributed by atoms with van der Waals surface area (Å²) in [5.41, 5.74) is 1.63. The summed E-state index contributed by atoms with van der Waals surface area (Å²) >= 11 is 3.41. The molecule has 3 rings (SSSR count).